The van der Waals surface area contributed by atoms with Crippen LogP contribution in [0, 0.1) is 6.92 Å². The number of nitrogens with zero attached hydrogens (tertiary/aromatic N) is 2. The molecule has 8 heteroatoms. The lowest BCUT2D eigenvalue weighted by molar-refractivity contribution is 0.0116. The number of hydrogen-bond acceptors (Lipinski definition) is 7. The summed E-state index contributed by atoms with van der Waals surface area (Å²) in [6, 6.07) is 5.11. The van der Waals surface area contributed by atoms with E-state index in [4.69, 9.17) is 18.6 Å². The molecule has 1 amide bonds. The van der Waals surface area contributed by atoms with Gasteiger partial charge in [0, 0.05) is 19.6 Å². The van der Waals surface area contributed by atoms with Gasteiger partial charge in [0.05, 0.1) is 44.7 Å². The second-order valence-corrected chi connectivity index (χ2v) is 6.22. The Bertz CT molecular complexity index is 770. The SMILES string of the molecule is COc1cccc(C(=O)NCC(c2ocnc2C)N2CCOCC2)c1OC. The molecular weight excluding hydrogens is 350 g/mol. The molecule has 1 aromatic carbocycles. The van der Waals surface area contributed by atoms with Crippen molar-refractivity contribution in [2.45, 2.75) is 13.0 Å². The first-order valence-electron chi connectivity index (χ1n) is 8.86. The number of aryl methyl sites for hydroxylation is 1. The van der Waals surface area contributed by atoms with Crippen LogP contribution in [0.1, 0.15) is 27.9 Å². The number of nitrogens with one attached hydrogen (secondary N) is 1. The van der Waals surface area contributed by atoms with Gasteiger partial charge < -0.3 is 23.9 Å². The minimum Gasteiger partial charge on any atom is -0.493 e. The number of rotatable bonds is 7. The molecule has 1 fully saturated rings. The summed E-state index contributed by atoms with van der Waals surface area (Å²) in [4.78, 5) is 19.2. The lowest BCUT2D eigenvalue weighted by Crippen LogP contribution is -2.44. The summed E-state index contributed by atoms with van der Waals surface area (Å²) in [5.74, 6) is 1.45. The lowest BCUT2D eigenvalue weighted by Gasteiger charge is -2.33. The number of carbonyl (C=O) groups is 1. The molecule has 27 heavy (non-hydrogen) atoms. The Labute approximate surface area is 158 Å². The Kier molecular flexibility index (Phi) is 6.31. The van der Waals surface area contributed by atoms with E-state index in [-0.39, 0.29) is 11.9 Å². The molecule has 0 aliphatic carbocycles. The summed E-state index contributed by atoms with van der Waals surface area (Å²) in [7, 11) is 3.06. The topological polar surface area (TPSA) is 86.1 Å². The number of methoxy groups -OCH3 is 2. The highest BCUT2D eigenvalue weighted by Crippen LogP contribution is 2.31. The van der Waals surface area contributed by atoms with Crippen molar-refractivity contribution in [1.29, 1.82) is 0 Å². The van der Waals surface area contributed by atoms with E-state index in [9.17, 15) is 4.79 Å². The molecule has 2 aromatic rings. The van der Waals surface area contributed by atoms with Crippen LogP contribution in [-0.2, 0) is 4.74 Å². The average molecular weight is 375 g/mol. The molecule has 0 bridgehead atoms. The first-order chi connectivity index (χ1) is 13.2. The second-order valence-electron chi connectivity index (χ2n) is 6.22. The van der Waals surface area contributed by atoms with E-state index in [1.807, 2.05) is 6.92 Å². The number of amides is 1. The zero-order valence-corrected chi connectivity index (χ0v) is 15.9. The number of morpholine rings is 1. The molecule has 0 radical (unpaired) electrons. The number of aromatic nitrogens is 1. The van der Waals surface area contributed by atoms with Gasteiger partial charge in [-0.3, -0.25) is 9.69 Å². The predicted octanol–water partition coefficient (Wildman–Crippen LogP) is 1.80. The van der Waals surface area contributed by atoms with Crippen molar-refractivity contribution in [3.63, 3.8) is 0 Å². The Morgan fingerprint density at radius 2 is 2.07 bits per heavy atom. The van der Waals surface area contributed by atoms with Gasteiger partial charge in [0.25, 0.3) is 5.91 Å². The highest BCUT2D eigenvalue weighted by atomic mass is 16.5. The predicted molar refractivity (Wildman–Crippen MR) is 98.3 cm³/mol. The maximum atomic E-state index is 12.8. The molecule has 1 N–H and O–H groups in total. The van der Waals surface area contributed by atoms with E-state index in [0.29, 0.717) is 36.8 Å². The smallest absolute Gasteiger partial charge is 0.255 e. The number of hydrogen-bond donors (Lipinski definition) is 1. The largest absolute Gasteiger partial charge is 0.493 e. The maximum absolute atomic E-state index is 12.8. The van der Waals surface area contributed by atoms with Crippen molar-refractivity contribution in [3.05, 3.63) is 41.6 Å². The zero-order valence-electron chi connectivity index (χ0n) is 15.9. The van der Waals surface area contributed by atoms with Crippen LogP contribution < -0.4 is 14.8 Å². The normalized spacial score (nSPS) is 16.0. The molecule has 0 saturated carbocycles. The molecule has 1 atom stereocenters. The highest BCUT2D eigenvalue weighted by Gasteiger charge is 2.28. The maximum Gasteiger partial charge on any atom is 0.255 e. The van der Waals surface area contributed by atoms with Crippen LogP contribution in [0.3, 0.4) is 0 Å². The van der Waals surface area contributed by atoms with Crippen molar-refractivity contribution in [2.75, 3.05) is 47.1 Å². The fourth-order valence-electron chi connectivity index (χ4n) is 3.26. The van der Waals surface area contributed by atoms with Gasteiger partial charge in [-0.1, -0.05) is 6.07 Å². The first kappa shape index (κ1) is 19.2. The third-order valence-corrected chi connectivity index (χ3v) is 4.68. The van der Waals surface area contributed by atoms with E-state index < -0.39 is 0 Å². The third-order valence-electron chi connectivity index (χ3n) is 4.68. The van der Waals surface area contributed by atoms with Gasteiger partial charge in [-0.25, -0.2) is 4.98 Å². The van der Waals surface area contributed by atoms with Gasteiger partial charge in [-0.15, -0.1) is 0 Å². The van der Waals surface area contributed by atoms with E-state index in [1.165, 1.54) is 13.5 Å². The molecule has 146 valence electrons. The molecule has 3 rings (SSSR count). The fourth-order valence-corrected chi connectivity index (χ4v) is 3.26. The average Bonchev–Trinajstić information content (AvgIpc) is 3.13. The second kappa shape index (κ2) is 8.88. The summed E-state index contributed by atoms with van der Waals surface area (Å²) in [5, 5.41) is 2.99. The van der Waals surface area contributed by atoms with Crippen LogP contribution in [0.15, 0.2) is 29.0 Å². The first-order valence-corrected chi connectivity index (χ1v) is 8.86. The van der Waals surface area contributed by atoms with Crippen molar-refractivity contribution < 1.29 is 23.4 Å². The third kappa shape index (κ3) is 4.23. The van der Waals surface area contributed by atoms with E-state index in [1.54, 1.807) is 25.3 Å². The fraction of sp³-hybridized carbons (Fsp3) is 0.474. The van der Waals surface area contributed by atoms with E-state index in [2.05, 4.69) is 15.2 Å². The molecule has 2 heterocycles. The molecule has 1 aliphatic heterocycles. The van der Waals surface area contributed by atoms with Crippen LogP contribution in [-0.4, -0.2) is 62.9 Å². The number of ether oxygens (including phenoxy) is 3. The lowest BCUT2D eigenvalue weighted by atomic mass is 10.1. The van der Waals surface area contributed by atoms with Gasteiger partial charge >= 0.3 is 0 Å². The van der Waals surface area contributed by atoms with Gasteiger partial charge in [-0.05, 0) is 19.1 Å². The number of benzene rings is 1. The van der Waals surface area contributed by atoms with Gasteiger partial charge in [0.2, 0.25) is 0 Å². The van der Waals surface area contributed by atoms with Gasteiger partial charge in [0.1, 0.15) is 5.76 Å². The summed E-state index contributed by atoms with van der Waals surface area (Å²) in [6.07, 6.45) is 1.44. The van der Waals surface area contributed by atoms with Crippen LogP contribution in [0.2, 0.25) is 0 Å². The molecule has 1 aromatic heterocycles. The molecule has 1 aliphatic rings. The molecule has 1 saturated heterocycles. The summed E-state index contributed by atoms with van der Waals surface area (Å²) in [6.45, 7) is 5.13. The van der Waals surface area contributed by atoms with Crippen molar-refractivity contribution in [3.8, 4) is 11.5 Å². The Morgan fingerprint density at radius 3 is 2.70 bits per heavy atom. The number of oxazole rings is 1. The number of para-hydroxylation sites is 1. The van der Waals surface area contributed by atoms with Crippen LogP contribution in [0.25, 0.3) is 0 Å². The highest BCUT2D eigenvalue weighted by molar-refractivity contribution is 5.97. The van der Waals surface area contributed by atoms with Crippen LogP contribution in [0.5, 0.6) is 11.5 Å². The van der Waals surface area contributed by atoms with Crippen molar-refractivity contribution >= 4 is 5.91 Å². The number of carbonyl (C=O) groups excluding carboxylic acids is 1. The molecular formula is C19H25N3O5. The molecule has 8 nitrogen and oxygen atoms in total. The monoisotopic (exact) mass is 375 g/mol. The van der Waals surface area contributed by atoms with Crippen LogP contribution in [0.4, 0.5) is 0 Å². The molecule has 1 unspecified atom stereocenters. The minimum absolute atomic E-state index is 0.114. The van der Waals surface area contributed by atoms with Crippen molar-refractivity contribution in [1.82, 2.24) is 15.2 Å². The van der Waals surface area contributed by atoms with E-state index >= 15 is 0 Å². The zero-order chi connectivity index (χ0) is 19.2. The van der Waals surface area contributed by atoms with Gasteiger partial charge in [-0.2, -0.15) is 0 Å². The molecule has 0 spiro atoms. The quantitative estimate of drug-likeness (QED) is 0.790. The van der Waals surface area contributed by atoms with Gasteiger partial charge in [0.15, 0.2) is 17.9 Å². The Balaban J connectivity index is 1.77. The Hall–Kier alpha value is -2.58. The van der Waals surface area contributed by atoms with E-state index in [0.717, 1.165) is 24.5 Å². The standard InChI is InChI=1S/C19H25N3O5/c1-13-17(27-12-21-13)15(22-7-9-26-10-8-22)11-20-19(23)14-5-4-6-16(24-2)18(14)25-3/h4-6,12,15H,7-11H2,1-3H3,(H,20,23). The van der Waals surface area contributed by atoms with Crippen LogP contribution >= 0.6 is 0 Å². The Morgan fingerprint density at radius 1 is 1.30 bits per heavy atom. The van der Waals surface area contributed by atoms with Crippen molar-refractivity contribution in [2.24, 2.45) is 0 Å². The summed E-state index contributed by atoms with van der Waals surface area (Å²) in [5.41, 5.74) is 1.24. The minimum atomic E-state index is -0.235. The summed E-state index contributed by atoms with van der Waals surface area (Å²) < 4.78 is 21.7. The summed E-state index contributed by atoms with van der Waals surface area (Å²) >= 11 is 0.